The number of nitrogen functional groups attached to an aromatic ring is 1. The maximum Gasteiger partial charge on any atom is 0.146 e. The summed E-state index contributed by atoms with van der Waals surface area (Å²) in [6, 6.07) is 8.34. The van der Waals surface area contributed by atoms with Crippen LogP contribution in [0.15, 0.2) is 29.2 Å². The molecule has 0 radical (unpaired) electrons. The van der Waals surface area contributed by atoms with Crippen molar-refractivity contribution in [1.29, 1.82) is 0 Å². The van der Waals surface area contributed by atoms with Crippen molar-refractivity contribution >= 4 is 17.6 Å². The van der Waals surface area contributed by atoms with Gasteiger partial charge in [0.05, 0.1) is 5.75 Å². The van der Waals surface area contributed by atoms with Crippen LogP contribution in [0.3, 0.4) is 0 Å². The number of nitrogens with two attached hydrogens (primary N) is 1. The van der Waals surface area contributed by atoms with Gasteiger partial charge in [0.15, 0.2) is 0 Å². The van der Waals surface area contributed by atoms with E-state index in [0.717, 1.165) is 35.1 Å². The molecule has 1 aromatic heterocycles. The molecule has 0 saturated heterocycles. The Balaban J connectivity index is 2.19. The fraction of sp³-hybridized carbons (Fsp3) is 0.333. The van der Waals surface area contributed by atoms with Crippen molar-refractivity contribution in [2.45, 2.75) is 37.8 Å². The Bertz CT molecular complexity index is 573. The Morgan fingerprint density at radius 2 is 1.95 bits per heavy atom. The predicted octanol–water partition coefficient (Wildman–Crippen LogP) is 3.23. The predicted molar refractivity (Wildman–Crippen MR) is 84.7 cm³/mol. The Morgan fingerprint density at radius 3 is 2.60 bits per heavy atom. The Hall–Kier alpha value is -1.59. The van der Waals surface area contributed by atoms with Gasteiger partial charge in [-0.2, -0.15) is 0 Å². The van der Waals surface area contributed by atoms with Gasteiger partial charge in [-0.3, -0.25) is 0 Å². The number of thioether (sulfide) groups is 1. The molecule has 3 N–H and O–H groups in total. The summed E-state index contributed by atoms with van der Waals surface area (Å²) in [7, 11) is 0. The van der Waals surface area contributed by atoms with Crippen molar-refractivity contribution in [3.05, 3.63) is 46.9 Å². The molecule has 2 rings (SSSR count). The molecule has 0 atom stereocenters. The van der Waals surface area contributed by atoms with Crippen LogP contribution in [0.1, 0.15) is 29.6 Å². The van der Waals surface area contributed by atoms with Crippen molar-refractivity contribution in [2.24, 2.45) is 5.84 Å². The summed E-state index contributed by atoms with van der Waals surface area (Å²) in [5.74, 6) is 7.80. The minimum Gasteiger partial charge on any atom is -0.308 e. The number of anilines is 1. The SMILES string of the molecule is CCc1nc(CSc2ccccc2C)nc(NN)c1C. The lowest BCUT2D eigenvalue weighted by atomic mass is 10.2. The lowest BCUT2D eigenvalue weighted by molar-refractivity contribution is 0.916. The highest BCUT2D eigenvalue weighted by Crippen LogP contribution is 2.25. The largest absolute Gasteiger partial charge is 0.308 e. The number of aromatic nitrogens is 2. The Kier molecular flexibility index (Phi) is 4.98. The molecule has 20 heavy (non-hydrogen) atoms. The zero-order chi connectivity index (χ0) is 14.5. The van der Waals surface area contributed by atoms with E-state index < -0.39 is 0 Å². The van der Waals surface area contributed by atoms with Gasteiger partial charge in [0, 0.05) is 16.2 Å². The van der Waals surface area contributed by atoms with Crippen molar-refractivity contribution in [3.63, 3.8) is 0 Å². The number of hydrogen-bond donors (Lipinski definition) is 2. The molecule has 0 saturated carbocycles. The van der Waals surface area contributed by atoms with Crippen LogP contribution in [0, 0.1) is 13.8 Å². The third-order valence-corrected chi connectivity index (χ3v) is 4.39. The average Bonchev–Trinajstić information content (AvgIpc) is 2.47. The highest BCUT2D eigenvalue weighted by atomic mass is 32.2. The summed E-state index contributed by atoms with van der Waals surface area (Å²) in [5, 5.41) is 0. The molecule has 2 aromatic rings. The molecule has 1 aromatic carbocycles. The maximum absolute atomic E-state index is 5.53. The van der Waals surface area contributed by atoms with E-state index in [1.807, 2.05) is 13.0 Å². The first-order valence-corrected chi connectivity index (χ1v) is 7.65. The molecule has 106 valence electrons. The summed E-state index contributed by atoms with van der Waals surface area (Å²) >= 11 is 1.75. The van der Waals surface area contributed by atoms with E-state index in [0.29, 0.717) is 0 Å². The number of benzene rings is 1. The molecule has 0 aliphatic rings. The molecule has 0 bridgehead atoms. The van der Waals surface area contributed by atoms with Crippen LogP contribution in [0.5, 0.6) is 0 Å². The molecule has 0 aliphatic carbocycles. The zero-order valence-electron chi connectivity index (χ0n) is 12.1. The molecule has 0 spiro atoms. The molecule has 0 aliphatic heterocycles. The van der Waals surface area contributed by atoms with Crippen molar-refractivity contribution in [2.75, 3.05) is 5.43 Å². The van der Waals surface area contributed by atoms with Gasteiger partial charge in [-0.05, 0) is 31.9 Å². The minimum absolute atomic E-state index is 0.720. The minimum atomic E-state index is 0.720. The average molecular weight is 288 g/mol. The van der Waals surface area contributed by atoms with E-state index in [1.54, 1.807) is 11.8 Å². The van der Waals surface area contributed by atoms with Gasteiger partial charge in [-0.25, -0.2) is 15.8 Å². The quantitative estimate of drug-likeness (QED) is 0.502. The van der Waals surface area contributed by atoms with Gasteiger partial charge < -0.3 is 5.43 Å². The summed E-state index contributed by atoms with van der Waals surface area (Å²) in [6.45, 7) is 6.20. The highest BCUT2D eigenvalue weighted by molar-refractivity contribution is 7.98. The van der Waals surface area contributed by atoms with E-state index >= 15 is 0 Å². The second kappa shape index (κ2) is 6.72. The summed E-state index contributed by atoms with van der Waals surface area (Å²) in [5.41, 5.74) is 6.01. The van der Waals surface area contributed by atoms with E-state index in [9.17, 15) is 0 Å². The van der Waals surface area contributed by atoms with E-state index in [-0.39, 0.29) is 0 Å². The smallest absolute Gasteiger partial charge is 0.146 e. The molecule has 0 fully saturated rings. The van der Waals surface area contributed by atoms with Gasteiger partial charge in [0.25, 0.3) is 0 Å². The van der Waals surface area contributed by atoms with Crippen LogP contribution in [-0.4, -0.2) is 9.97 Å². The Labute approximate surface area is 124 Å². The first-order chi connectivity index (χ1) is 9.65. The van der Waals surface area contributed by atoms with Gasteiger partial charge in [-0.1, -0.05) is 25.1 Å². The van der Waals surface area contributed by atoms with Crippen molar-refractivity contribution in [3.8, 4) is 0 Å². The van der Waals surface area contributed by atoms with E-state index in [2.05, 4.69) is 47.4 Å². The monoisotopic (exact) mass is 288 g/mol. The van der Waals surface area contributed by atoms with Gasteiger partial charge in [0.2, 0.25) is 0 Å². The number of aryl methyl sites for hydroxylation is 2. The molecule has 0 amide bonds. The second-order valence-corrected chi connectivity index (χ2v) is 5.63. The van der Waals surface area contributed by atoms with Crippen molar-refractivity contribution < 1.29 is 0 Å². The third-order valence-electron chi connectivity index (χ3n) is 3.21. The molecular formula is C15H20N4S. The molecule has 1 heterocycles. The highest BCUT2D eigenvalue weighted by Gasteiger charge is 2.09. The number of hydrazine groups is 1. The summed E-state index contributed by atoms with van der Waals surface area (Å²) in [6.07, 6.45) is 0.880. The van der Waals surface area contributed by atoms with Crippen LogP contribution in [0.25, 0.3) is 0 Å². The third kappa shape index (κ3) is 3.29. The van der Waals surface area contributed by atoms with E-state index in [4.69, 9.17) is 5.84 Å². The van der Waals surface area contributed by atoms with Crippen LogP contribution in [-0.2, 0) is 12.2 Å². The number of rotatable bonds is 5. The Morgan fingerprint density at radius 1 is 1.20 bits per heavy atom. The topological polar surface area (TPSA) is 63.8 Å². The molecule has 4 nitrogen and oxygen atoms in total. The van der Waals surface area contributed by atoms with E-state index in [1.165, 1.54) is 10.5 Å². The number of nitrogens with one attached hydrogen (secondary N) is 1. The van der Waals surface area contributed by atoms with Gasteiger partial charge in [0.1, 0.15) is 11.6 Å². The van der Waals surface area contributed by atoms with Gasteiger partial charge in [-0.15, -0.1) is 11.8 Å². The molecular weight excluding hydrogens is 268 g/mol. The van der Waals surface area contributed by atoms with Crippen LogP contribution >= 0.6 is 11.8 Å². The van der Waals surface area contributed by atoms with Crippen molar-refractivity contribution in [1.82, 2.24) is 9.97 Å². The normalized spacial score (nSPS) is 10.6. The van der Waals surface area contributed by atoms with Crippen LogP contribution in [0.4, 0.5) is 5.82 Å². The lowest BCUT2D eigenvalue weighted by Crippen LogP contribution is -2.14. The first kappa shape index (κ1) is 14.8. The fourth-order valence-corrected chi connectivity index (χ4v) is 2.91. The number of nitrogens with zero attached hydrogens (tertiary/aromatic N) is 2. The van der Waals surface area contributed by atoms with Gasteiger partial charge >= 0.3 is 0 Å². The molecule has 0 unspecified atom stereocenters. The number of hydrogen-bond acceptors (Lipinski definition) is 5. The zero-order valence-corrected chi connectivity index (χ0v) is 12.9. The summed E-state index contributed by atoms with van der Waals surface area (Å²) < 4.78 is 0. The van der Waals surface area contributed by atoms with Crippen LogP contribution in [0.2, 0.25) is 0 Å². The first-order valence-electron chi connectivity index (χ1n) is 6.67. The standard InChI is InChI=1S/C15H20N4S/c1-4-12-11(3)15(19-16)18-14(17-12)9-20-13-8-6-5-7-10(13)2/h5-8H,4,9,16H2,1-3H3,(H,17,18,19). The maximum atomic E-state index is 5.53. The second-order valence-electron chi connectivity index (χ2n) is 4.61. The lowest BCUT2D eigenvalue weighted by Gasteiger charge is -2.11. The fourth-order valence-electron chi connectivity index (χ4n) is 2.02. The summed E-state index contributed by atoms with van der Waals surface area (Å²) in [4.78, 5) is 10.4. The van der Waals surface area contributed by atoms with Crippen LogP contribution < -0.4 is 11.3 Å². The molecule has 5 heteroatoms.